The number of hydrogen-bond donors (Lipinski definition) is 1. The number of hydrogen-bond acceptors (Lipinski definition) is 6. The predicted octanol–water partition coefficient (Wildman–Crippen LogP) is 5.80. The van der Waals surface area contributed by atoms with Crippen LogP contribution in [0, 0.1) is 0 Å². The van der Waals surface area contributed by atoms with Gasteiger partial charge in [0.2, 0.25) is 0 Å². The molecule has 0 fully saturated rings. The van der Waals surface area contributed by atoms with Crippen molar-refractivity contribution >= 4 is 43.2 Å². The first-order chi connectivity index (χ1) is 15.9. The maximum absolute atomic E-state index is 12.8. The van der Waals surface area contributed by atoms with Crippen LogP contribution in [0.5, 0.6) is 0 Å². The molecule has 8 heteroatoms. The van der Waals surface area contributed by atoms with Gasteiger partial charge in [-0.15, -0.1) is 11.3 Å². The zero-order valence-corrected chi connectivity index (χ0v) is 19.8. The molecule has 0 aliphatic heterocycles. The first-order valence-corrected chi connectivity index (χ1v) is 13.0. The van der Waals surface area contributed by atoms with Crippen LogP contribution in [0.3, 0.4) is 0 Å². The van der Waals surface area contributed by atoms with Crippen molar-refractivity contribution < 1.29 is 17.9 Å². The average Bonchev–Trinajstić information content (AvgIpc) is 3.25. The lowest BCUT2D eigenvalue weighted by molar-refractivity contribution is 0.0472. The summed E-state index contributed by atoms with van der Waals surface area (Å²) >= 11 is 1.45. The number of ether oxygens (including phenoxy) is 1. The molecule has 33 heavy (non-hydrogen) atoms. The Bertz CT molecular complexity index is 1330. The Morgan fingerprint density at radius 3 is 2.58 bits per heavy atom. The molecule has 0 unspecified atom stereocenters. The molecule has 4 aromatic rings. The summed E-state index contributed by atoms with van der Waals surface area (Å²) in [6.45, 7) is 2.16. The van der Waals surface area contributed by atoms with Crippen molar-refractivity contribution in [3.63, 3.8) is 0 Å². The van der Waals surface area contributed by atoms with Crippen LogP contribution < -0.4 is 4.72 Å². The van der Waals surface area contributed by atoms with Gasteiger partial charge in [0, 0.05) is 5.69 Å². The average molecular weight is 481 g/mol. The first-order valence-electron chi connectivity index (χ1n) is 10.7. The third-order valence-corrected chi connectivity index (χ3v) is 7.46. The van der Waals surface area contributed by atoms with Crippen molar-refractivity contribution in [2.24, 2.45) is 0 Å². The Kier molecular flexibility index (Phi) is 7.05. The molecule has 0 radical (unpaired) electrons. The number of carbonyl (C=O) groups is 1. The molecule has 0 amide bonds. The fraction of sp³-hybridized carbons (Fsp3) is 0.200. The number of rotatable bonds is 9. The minimum Gasteiger partial charge on any atom is -0.455 e. The minimum atomic E-state index is -3.85. The highest BCUT2D eigenvalue weighted by Gasteiger charge is 2.18. The number of thiazole rings is 1. The quantitative estimate of drug-likeness (QED) is 0.306. The van der Waals surface area contributed by atoms with E-state index in [0.29, 0.717) is 10.7 Å². The zero-order valence-electron chi connectivity index (χ0n) is 18.2. The molecule has 6 nitrogen and oxygen atoms in total. The van der Waals surface area contributed by atoms with Crippen LogP contribution in [-0.4, -0.2) is 19.4 Å². The fourth-order valence-electron chi connectivity index (χ4n) is 3.32. The third-order valence-electron chi connectivity index (χ3n) is 5.07. The lowest BCUT2D eigenvalue weighted by atomic mass is 10.1. The number of nitrogens with zero attached hydrogens (tertiary/aromatic N) is 1. The number of para-hydroxylation sites is 1. The second-order valence-electron chi connectivity index (χ2n) is 7.59. The van der Waals surface area contributed by atoms with Crippen molar-refractivity contribution in [2.45, 2.75) is 37.7 Å². The molecule has 0 saturated heterocycles. The van der Waals surface area contributed by atoms with Crippen molar-refractivity contribution in [3.05, 3.63) is 88.9 Å². The molecule has 0 saturated carbocycles. The van der Waals surface area contributed by atoms with Gasteiger partial charge in [-0.2, -0.15) is 0 Å². The zero-order chi connectivity index (χ0) is 23.3. The first kappa shape index (κ1) is 22.9. The van der Waals surface area contributed by atoms with Crippen LogP contribution in [0.4, 0.5) is 5.69 Å². The van der Waals surface area contributed by atoms with Gasteiger partial charge in [0.15, 0.2) is 0 Å². The van der Waals surface area contributed by atoms with E-state index in [2.05, 4.69) is 16.6 Å². The molecule has 1 heterocycles. The van der Waals surface area contributed by atoms with Gasteiger partial charge in [-0.25, -0.2) is 18.2 Å². The Morgan fingerprint density at radius 1 is 1.03 bits per heavy atom. The summed E-state index contributed by atoms with van der Waals surface area (Å²) in [5, 5.41) is 0.678. The predicted molar refractivity (Wildman–Crippen MR) is 131 cm³/mol. The lowest BCUT2D eigenvalue weighted by Gasteiger charge is -2.10. The van der Waals surface area contributed by atoms with Gasteiger partial charge in [-0.1, -0.05) is 43.7 Å². The van der Waals surface area contributed by atoms with E-state index in [0.717, 1.165) is 35.0 Å². The molecule has 0 aliphatic carbocycles. The van der Waals surface area contributed by atoms with E-state index in [-0.39, 0.29) is 17.1 Å². The van der Waals surface area contributed by atoms with Gasteiger partial charge < -0.3 is 4.74 Å². The molecule has 1 N–H and O–H groups in total. The highest BCUT2D eigenvalue weighted by atomic mass is 32.2. The largest absolute Gasteiger partial charge is 0.455 e. The molecule has 0 aliphatic rings. The van der Waals surface area contributed by atoms with Crippen LogP contribution in [-0.2, 0) is 27.8 Å². The Labute approximate surface area is 197 Å². The SMILES string of the molecule is CCCCc1ccc(NS(=O)(=O)c2cccc(C(=O)OCc3nc4ccccc4s3)c2)cc1. The molecular weight excluding hydrogens is 456 g/mol. The van der Waals surface area contributed by atoms with Crippen molar-refractivity contribution in [3.8, 4) is 0 Å². The summed E-state index contributed by atoms with van der Waals surface area (Å²) in [5.41, 5.74) is 2.65. The van der Waals surface area contributed by atoms with Gasteiger partial charge in [0.1, 0.15) is 11.6 Å². The number of anilines is 1. The van der Waals surface area contributed by atoms with E-state index in [1.165, 1.54) is 35.6 Å². The van der Waals surface area contributed by atoms with E-state index in [1.54, 1.807) is 12.1 Å². The molecule has 1 aromatic heterocycles. The van der Waals surface area contributed by atoms with Crippen LogP contribution in [0.25, 0.3) is 10.2 Å². The summed E-state index contributed by atoms with van der Waals surface area (Å²) in [7, 11) is -3.85. The van der Waals surface area contributed by atoms with Crippen LogP contribution in [0.2, 0.25) is 0 Å². The number of aryl methyl sites for hydroxylation is 1. The summed E-state index contributed by atoms with van der Waals surface area (Å²) in [6, 6.07) is 20.8. The molecule has 170 valence electrons. The highest BCUT2D eigenvalue weighted by Crippen LogP contribution is 2.23. The van der Waals surface area contributed by atoms with Crippen molar-refractivity contribution in [1.82, 2.24) is 4.98 Å². The number of carbonyl (C=O) groups excluding carboxylic acids is 1. The number of nitrogens with one attached hydrogen (secondary N) is 1. The Balaban J connectivity index is 1.42. The number of esters is 1. The number of benzene rings is 3. The van der Waals surface area contributed by atoms with E-state index < -0.39 is 16.0 Å². The monoisotopic (exact) mass is 480 g/mol. The number of aromatic nitrogens is 1. The van der Waals surface area contributed by atoms with E-state index >= 15 is 0 Å². The van der Waals surface area contributed by atoms with Crippen LogP contribution >= 0.6 is 11.3 Å². The van der Waals surface area contributed by atoms with Crippen LogP contribution in [0.15, 0.2) is 77.7 Å². The molecule has 0 spiro atoms. The van der Waals surface area contributed by atoms with E-state index in [1.807, 2.05) is 36.4 Å². The maximum Gasteiger partial charge on any atom is 0.338 e. The summed E-state index contributed by atoms with van der Waals surface area (Å²) in [5.74, 6) is -0.605. The molecule has 3 aromatic carbocycles. The molecule has 4 rings (SSSR count). The number of sulfonamides is 1. The number of unbranched alkanes of at least 4 members (excludes halogenated alkanes) is 1. The topological polar surface area (TPSA) is 85.4 Å². The Hall–Kier alpha value is -3.23. The molecule has 0 atom stereocenters. The van der Waals surface area contributed by atoms with Gasteiger partial charge in [0.25, 0.3) is 10.0 Å². The second-order valence-corrected chi connectivity index (χ2v) is 10.4. The normalized spacial score (nSPS) is 11.4. The number of fused-ring (bicyclic) bond motifs is 1. The van der Waals surface area contributed by atoms with Gasteiger partial charge >= 0.3 is 5.97 Å². The highest BCUT2D eigenvalue weighted by molar-refractivity contribution is 7.92. The van der Waals surface area contributed by atoms with Crippen molar-refractivity contribution in [1.29, 1.82) is 0 Å². The van der Waals surface area contributed by atoms with Crippen LogP contribution in [0.1, 0.15) is 40.7 Å². The van der Waals surface area contributed by atoms with E-state index in [9.17, 15) is 13.2 Å². The van der Waals surface area contributed by atoms with Gasteiger partial charge in [-0.3, -0.25) is 4.72 Å². The molecule has 0 bridgehead atoms. The molecular formula is C25H24N2O4S2. The summed E-state index contributed by atoms with van der Waals surface area (Å²) < 4.78 is 34.6. The Morgan fingerprint density at radius 2 is 1.82 bits per heavy atom. The minimum absolute atomic E-state index is 0.00741. The smallest absolute Gasteiger partial charge is 0.338 e. The van der Waals surface area contributed by atoms with Crippen molar-refractivity contribution in [2.75, 3.05) is 4.72 Å². The summed E-state index contributed by atoms with van der Waals surface area (Å²) in [4.78, 5) is 17.0. The lowest BCUT2D eigenvalue weighted by Crippen LogP contribution is -2.14. The summed E-state index contributed by atoms with van der Waals surface area (Å²) in [6.07, 6.45) is 3.16. The maximum atomic E-state index is 12.8. The van der Waals surface area contributed by atoms with Gasteiger partial charge in [-0.05, 0) is 60.9 Å². The van der Waals surface area contributed by atoms with Gasteiger partial charge in [0.05, 0.1) is 20.7 Å². The second kappa shape index (κ2) is 10.1. The standard InChI is InChI=1S/C25H24N2O4S2/c1-2-3-7-18-12-14-20(15-13-18)27-33(29,30)21-9-6-8-19(16-21)25(28)31-17-24-26-22-10-4-5-11-23(22)32-24/h4-6,8-16,27H,2-3,7,17H2,1H3. The third kappa shape index (κ3) is 5.77. The fourth-order valence-corrected chi connectivity index (χ4v) is 5.30. The van der Waals surface area contributed by atoms with E-state index in [4.69, 9.17) is 4.74 Å².